The molecule has 6 nitrogen and oxygen atoms in total. The lowest BCUT2D eigenvalue weighted by atomic mass is 10.2. The summed E-state index contributed by atoms with van der Waals surface area (Å²) in [7, 11) is 1.76. The number of guanidine groups is 1. The number of pyridine rings is 1. The fourth-order valence-corrected chi connectivity index (χ4v) is 2.67. The van der Waals surface area contributed by atoms with Crippen molar-refractivity contribution in [2.45, 2.75) is 26.8 Å². The molecule has 0 saturated heterocycles. The maximum absolute atomic E-state index is 5.40. The molecule has 0 radical (unpaired) electrons. The summed E-state index contributed by atoms with van der Waals surface area (Å²) in [6, 6.07) is 3.89. The van der Waals surface area contributed by atoms with Gasteiger partial charge in [-0.3, -0.25) is 4.99 Å². The van der Waals surface area contributed by atoms with Gasteiger partial charge in [-0.25, -0.2) is 9.97 Å². The molecule has 0 atom stereocenters. The zero-order valence-corrected chi connectivity index (χ0v) is 14.6. The number of hydrogen-bond acceptors (Lipinski definition) is 5. The summed E-state index contributed by atoms with van der Waals surface area (Å²) in [5.41, 5.74) is 2.22. The minimum absolute atomic E-state index is 0.614. The molecule has 0 fully saturated rings. The molecule has 2 aromatic heterocycles. The largest absolute Gasteiger partial charge is 0.478 e. The number of rotatable bonds is 7. The average molecular weight is 333 g/mol. The van der Waals surface area contributed by atoms with Crippen LogP contribution in [0.25, 0.3) is 0 Å². The number of ether oxygens (including phenoxy) is 1. The monoisotopic (exact) mass is 333 g/mol. The lowest BCUT2D eigenvalue weighted by Crippen LogP contribution is -2.37. The average Bonchev–Trinajstić information content (AvgIpc) is 2.97. The summed E-state index contributed by atoms with van der Waals surface area (Å²) in [5, 5.41) is 9.78. The molecule has 2 aromatic rings. The molecular weight excluding hydrogens is 310 g/mol. The molecule has 0 spiro atoms. The number of nitrogens with zero attached hydrogens (tertiary/aromatic N) is 3. The lowest BCUT2D eigenvalue weighted by Gasteiger charge is -2.12. The van der Waals surface area contributed by atoms with Crippen molar-refractivity contribution in [3.05, 3.63) is 40.0 Å². The van der Waals surface area contributed by atoms with Crippen LogP contribution in [0.15, 0.2) is 28.7 Å². The molecular formula is C16H23N5OS. The fourth-order valence-electron chi connectivity index (χ4n) is 2.03. The van der Waals surface area contributed by atoms with Crippen LogP contribution < -0.4 is 15.4 Å². The molecule has 0 amide bonds. The van der Waals surface area contributed by atoms with E-state index < -0.39 is 0 Å². The van der Waals surface area contributed by atoms with Crippen LogP contribution in [0.2, 0.25) is 0 Å². The van der Waals surface area contributed by atoms with E-state index in [1.807, 2.05) is 26.0 Å². The van der Waals surface area contributed by atoms with Crippen LogP contribution in [0.1, 0.15) is 23.2 Å². The molecule has 0 aromatic carbocycles. The quantitative estimate of drug-likeness (QED) is 0.600. The van der Waals surface area contributed by atoms with E-state index >= 15 is 0 Å². The van der Waals surface area contributed by atoms with Gasteiger partial charge in [0.1, 0.15) is 0 Å². The Balaban J connectivity index is 1.77. The van der Waals surface area contributed by atoms with Gasteiger partial charge in [-0.05, 0) is 25.5 Å². The Morgan fingerprint density at radius 2 is 2.26 bits per heavy atom. The molecule has 7 heteroatoms. The van der Waals surface area contributed by atoms with Gasteiger partial charge in [0.15, 0.2) is 5.96 Å². The van der Waals surface area contributed by atoms with Crippen molar-refractivity contribution in [2.24, 2.45) is 4.99 Å². The first-order chi connectivity index (χ1) is 11.2. The smallest absolute Gasteiger partial charge is 0.213 e. The number of thiazole rings is 1. The van der Waals surface area contributed by atoms with Crippen molar-refractivity contribution in [1.29, 1.82) is 0 Å². The van der Waals surface area contributed by atoms with Gasteiger partial charge in [0.05, 0.1) is 17.3 Å². The summed E-state index contributed by atoms with van der Waals surface area (Å²) in [6.07, 6.45) is 2.64. The molecule has 0 aliphatic rings. The molecule has 0 bridgehead atoms. The van der Waals surface area contributed by atoms with Crippen molar-refractivity contribution in [1.82, 2.24) is 20.6 Å². The third-order valence-corrected chi connectivity index (χ3v) is 3.94. The first-order valence-corrected chi connectivity index (χ1v) is 8.52. The summed E-state index contributed by atoms with van der Waals surface area (Å²) < 4.78 is 5.40. The molecule has 2 N–H and O–H groups in total. The Bertz CT molecular complexity index is 641. The zero-order valence-electron chi connectivity index (χ0n) is 13.8. The maximum Gasteiger partial charge on any atom is 0.213 e. The first kappa shape index (κ1) is 17.2. The summed E-state index contributed by atoms with van der Waals surface area (Å²) in [4.78, 5) is 12.8. The van der Waals surface area contributed by atoms with Crippen molar-refractivity contribution in [3.63, 3.8) is 0 Å². The number of aliphatic imine (C=N–C) groups is 1. The molecule has 0 aliphatic carbocycles. The van der Waals surface area contributed by atoms with E-state index in [9.17, 15) is 0 Å². The predicted molar refractivity (Wildman–Crippen MR) is 94.2 cm³/mol. The second-order valence-electron chi connectivity index (χ2n) is 4.90. The Labute approximate surface area is 141 Å². The van der Waals surface area contributed by atoms with Crippen LogP contribution in [-0.2, 0) is 13.0 Å². The number of aromatic nitrogens is 2. The predicted octanol–water partition coefficient (Wildman–Crippen LogP) is 2.15. The van der Waals surface area contributed by atoms with E-state index in [4.69, 9.17) is 4.74 Å². The highest BCUT2D eigenvalue weighted by Gasteiger charge is 2.02. The summed E-state index contributed by atoms with van der Waals surface area (Å²) in [5.74, 6) is 1.42. The maximum atomic E-state index is 5.40. The van der Waals surface area contributed by atoms with Gasteiger partial charge < -0.3 is 15.4 Å². The SMILES string of the molecule is CCOc1cc(CNC(=NC)NCCc2csc(C)n2)ccn1. The Morgan fingerprint density at radius 3 is 2.96 bits per heavy atom. The third-order valence-electron chi connectivity index (χ3n) is 3.12. The van der Waals surface area contributed by atoms with Crippen LogP contribution in [-0.4, -0.2) is 36.1 Å². The van der Waals surface area contributed by atoms with Gasteiger partial charge >= 0.3 is 0 Å². The van der Waals surface area contributed by atoms with E-state index in [0.29, 0.717) is 19.0 Å². The number of hydrogen-bond donors (Lipinski definition) is 2. The van der Waals surface area contributed by atoms with Gasteiger partial charge in [-0.15, -0.1) is 11.3 Å². The minimum Gasteiger partial charge on any atom is -0.478 e. The van der Waals surface area contributed by atoms with Gasteiger partial charge in [0.25, 0.3) is 0 Å². The topological polar surface area (TPSA) is 71.4 Å². The standard InChI is InChI=1S/C16H23N5OS/c1-4-22-15-9-13(5-7-18-15)10-20-16(17-3)19-8-6-14-11-23-12(2)21-14/h5,7,9,11H,4,6,8,10H2,1-3H3,(H2,17,19,20). The van der Waals surface area contributed by atoms with Gasteiger partial charge in [-0.2, -0.15) is 0 Å². The van der Waals surface area contributed by atoms with Crippen LogP contribution >= 0.6 is 11.3 Å². The van der Waals surface area contributed by atoms with Crippen molar-refractivity contribution in [3.8, 4) is 5.88 Å². The van der Waals surface area contributed by atoms with Crippen LogP contribution in [0.4, 0.5) is 0 Å². The Morgan fingerprint density at radius 1 is 1.39 bits per heavy atom. The van der Waals surface area contributed by atoms with E-state index in [0.717, 1.165) is 35.2 Å². The van der Waals surface area contributed by atoms with Gasteiger partial charge in [0.2, 0.25) is 5.88 Å². The van der Waals surface area contributed by atoms with Crippen molar-refractivity contribution >= 4 is 17.3 Å². The molecule has 0 aliphatic heterocycles. The summed E-state index contributed by atoms with van der Waals surface area (Å²) >= 11 is 1.68. The lowest BCUT2D eigenvalue weighted by molar-refractivity contribution is 0.326. The molecule has 2 rings (SSSR count). The molecule has 0 unspecified atom stereocenters. The van der Waals surface area contributed by atoms with E-state index in [1.54, 1.807) is 24.6 Å². The fraction of sp³-hybridized carbons (Fsp3) is 0.438. The normalized spacial score (nSPS) is 11.3. The van der Waals surface area contributed by atoms with E-state index in [1.165, 1.54) is 0 Å². The Kier molecular flexibility index (Phi) is 6.80. The molecule has 2 heterocycles. The number of nitrogens with one attached hydrogen (secondary N) is 2. The second-order valence-corrected chi connectivity index (χ2v) is 5.96. The third kappa shape index (κ3) is 5.86. The van der Waals surface area contributed by atoms with Gasteiger partial charge in [0, 0.05) is 44.2 Å². The van der Waals surface area contributed by atoms with E-state index in [-0.39, 0.29) is 0 Å². The Hall–Kier alpha value is -2.15. The van der Waals surface area contributed by atoms with Crippen molar-refractivity contribution < 1.29 is 4.74 Å². The van der Waals surface area contributed by atoms with Crippen LogP contribution in [0, 0.1) is 6.92 Å². The first-order valence-electron chi connectivity index (χ1n) is 7.64. The number of aryl methyl sites for hydroxylation is 1. The summed E-state index contributed by atoms with van der Waals surface area (Å²) in [6.45, 7) is 6.04. The minimum atomic E-state index is 0.614. The van der Waals surface area contributed by atoms with Crippen LogP contribution in [0.5, 0.6) is 5.88 Å². The van der Waals surface area contributed by atoms with Crippen LogP contribution in [0.3, 0.4) is 0 Å². The highest BCUT2D eigenvalue weighted by Crippen LogP contribution is 2.09. The highest BCUT2D eigenvalue weighted by atomic mass is 32.1. The van der Waals surface area contributed by atoms with Crippen molar-refractivity contribution in [2.75, 3.05) is 20.2 Å². The zero-order chi connectivity index (χ0) is 16.5. The molecule has 0 saturated carbocycles. The van der Waals surface area contributed by atoms with E-state index in [2.05, 4.69) is 31.0 Å². The highest BCUT2D eigenvalue weighted by molar-refractivity contribution is 7.09. The second kappa shape index (κ2) is 9.09. The van der Waals surface area contributed by atoms with Gasteiger partial charge in [-0.1, -0.05) is 0 Å². The molecule has 23 heavy (non-hydrogen) atoms. The molecule has 124 valence electrons.